The molecule has 0 radical (unpaired) electrons. The summed E-state index contributed by atoms with van der Waals surface area (Å²) in [5.74, 6) is -0.00389. The molecule has 1 atom stereocenters. The number of hydrogen-bond donors (Lipinski definition) is 0. The molecule has 1 aromatic heterocycles. The maximum Gasteiger partial charge on any atom is 0.175 e. The van der Waals surface area contributed by atoms with Crippen molar-refractivity contribution < 1.29 is 9.00 Å². The third kappa shape index (κ3) is 3.15. The van der Waals surface area contributed by atoms with E-state index in [2.05, 4.69) is 6.92 Å². The summed E-state index contributed by atoms with van der Waals surface area (Å²) in [6, 6.07) is 11.2. The lowest BCUT2D eigenvalue weighted by atomic mass is 10.1. The molecule has 0 saturated carbocycles. The van der Waals surface area contributed by atoms with Crippen molar-refractivity contribution in [2.24, 2.45) is 0 Å². The van der Waals surface area contributed by atoms with E-state index >= 15 is 0 Å². The van der Waals surface area contributed by atoms with Crippen molar-refractivity contribution in [3.05, 3.63) is 52.9 Å². The Morgan fingerprint density at radius 2 is 1.94 bits per heavy atom. The molecule has 0 aliphatic rings. The van der Waals surface area contributed by atoms with Crippen molar-refractivity contribution in [1.82, 2.24) is 0 Å². The monoisotopic (exact) mass is 278 g/mol. The average molecular weight is 278 g/mol. The van der Waals surface area contributed by atoms with Crippen LogP contribution in [0.5, 0.6) is 0 Å². The summed E-state index contributed by atoms with van der Waals surface area (Å²) in [5, 5.41) is 1.87. The van der Waals surface area contributed by atoms with E-state index in [0.29, 0.717) is 5.56 Å². The minimum atomic E-state index is -1.22. The fourth-order valence-corrected chi connectivity index (χ4v) is 3.59. The molecule has 2 rings (SSSR count). The summed E-state index contributed by atoms with van der Waals surface area (Å²) in [7, 11) is -1.22. The highest BCUT2D eigenvalue weighted by Crippen LogP contribution is 2.15. The van der Waals surface area contributed by atoms with E-state index in [4.69, 9.17) is 0 Å². The summed E-state index contributed by atoms with van der Waals surface area (Å²) >= 11 is 1.42. The van der Waals surface area contributed by atoms with Gasteiger partial charge in [0.2, 0.25) is 0 Å². The molecule has 1 heterocycles. The number of ketones is 1. The van der Waals surface area contributed by atoms with Gasteiger partial charge < -0.3 is 0 Å². The van der Waals surface area contributed by atoms with E-state index in [1.165, 1.54) is 16.9 Å². The molecule has 2 nitrogen and oxygen atoms in total. The third-order valence-electron chi connectivity index (χ3n) is 2.67. The van der Waals surface area contributed by atoms with Crippen LogP contribution in [0.4, 0.5) is 0 Å². The second-order valence-electron chi connectivity index (χ2n) is 3.90. The van der Waals surface area contributed by atoms with Gasteiger partial charge >= 0.3 is 0 Å². The van der Waals surface area contributed by atoms with Crippen LogP contribution in [0.2, 0.25) is 0 Å². The highest BCUT2D eigenvalue weighted by Gasteiger charge is 2.12. The SMILES string of the molecule is CCc1ccc(C(=O)CS(=O)c2cccs2)cc1. The number of carbonyl (C=O) groups is 1. The first-order valence-electron chi connectivity index (χ1n) is 5.74. The Kier molecular flexibility index (Phi) is 4.44. The summed E-state index contributed by atoms with van der Waals surface area (Å²) in [5.41, 5.74) is 1.84. The summed E-state index contributed by atoms with van der Waals surface area (Å²) in [6.07, 6.45) is 0.954. The molecule has 1 unspecified atom stereocenters. The first-order valence-corrected chi connectivity index (χ1v) is 7.94. The zero-order valence-corrected chi connectivity index (χ0v) is 11.7. The number of rotatable bonds is 5. The largest absolute Gasteiger partial charge is 0.293 e. The van der Waals surface area contributed by atoms with E-state index < -0.39 is 10.8 Å². The van der Waals surface area contributed by atoms with Crippen LogP contribution in [0.3, 0.4) is 0 Å². The summed E-state index contributed by atoms with van der Waals surface area (Å²) in [6.45, 7) is 2.07. The van der Waals surface area contributed by atoms with Gasteiger partial charge in [0.05, 0.1) is 20.8 Å². The second-order valence-corrected chi connectivity index (χ2v) is 6.52. The van der Waals surface area contributed by atoms with Gasteiger partial charge in [-0.3, -0.25) is 9.00 Å². The number of benzene rings is 1. The molecule has 18 heavy (non-hydrogen) atoms. The van der Waals surface area contributed by atoms with Gasteiger partial charge in [-0.15, -0.1) is 11.3 Å². The number of carbonyl (C=O) groups excluding carboxylic acids is 1. The van der Waals surface area contributed by atoms with Gasteiger partial charge in [-0.25, -0.2) is 0 Å². The Balaban J connectivity index is 2.05. The minimum Gasteiger partial charge on any atom is -0.293 e. The maximum absolute atomic E-state index is 12.0. The summed E-state index contributed by atoms with van der Waals surface area (Å²) < 4.78 is 12.7. The predicted octanol–water partition coefficient (Wildman–Crippen LogP) is 3.30. The van der Waals surface area contributed by atoms with Crippen LogP contribution in [0.1, 0.15) is 22.8 Å². The molecule has 4 heteroatoms. The van der Waals surface area contributed by atoms with Crippen molar-refractivity contribution in [1.29, 1.82) is 0 Å². The van der Waals surface area contributed by atoms with Crippen LogP contribution < -0.4 is 0 Å². The molecular weight excluding hydrogens is 264 g/mol. The quantitative estimate of drug-likeness (QED) is 0.786. The molecule has 0 amide bonds. The smallest absolute Gasteiger partial charge is 0.175 e. The van der Waals surface area contributed by atoms with Gasteiger partial charge in [0.25, 0.3) is 0 Å². The van der Waals surface area contributed by atoms with Crippen molar-refractivity contribution in [3.8, 4) is 0 Å². The predicted molar refractivity (Wildman–Crippen MR) is 75.7 cm³/mol. The number of aryl methyl sites for hydroxylation is 1. The molecule has 0 aliphatic heterocycles. The Hall–Kier alpha value is -1.26. The molecule has 0 saturated heterocycles. The van der Waals surface area contributed by atoms with Gasteiger partial charge in [-0.1, -0.05) is 37.3 Å². The Bertz CT molecular complexity index is 542. The van der Waals surface area contributed by atoms with Crippen molar-refractivity contribution >= 4 is 27.9 Å². The van der Waals surface area contributed by atoms with Gasteiger partial charge in [-0.2, -0.15) is 0 Å². The highest BCUT2D eigenvalue weighted by molar-refractivity contribution is 7.88. The average Bonchev–Trinajstić information content (AvgIpc) is 2.92. The molecular formula is C14H14O2S2. The molecule has 0 N–H and O–H groups in total. The lowest BCUT2D eigenvalue weighted by Gasteiger charge is -2.02. The van der Waals surface area contributed by atoms with Crippen LogP contribution in [0.25, 0.3) is 0 Å². The van der Waals surface area contributed by atoms with Gasteiger partial charge in [0, 0.05) is 5.56 Å². The number of hydrogen-bond acceptors (Lipinski definition) is 3. The fraction of sp³-hybridized carbons (Fsp3) is 0.214. The number of Topliss-reactive ketones (excluding diaryl/α,β-unsaturated/α-hetero) is 1. The van der Waals surface area contributed by atoms with Crippen LogP contribution >= 0.6 is 11.3 Å². The first kappa shape index (κ1) is 13.2. The topological polar surface area (TPSA) is 34.1 Å². The van der Waals surface area contributed by atoms with E-state index in [9.17, 15) is 9.00 Å². The van der Waals surface area contributed by atoms with Crippen LogP contribution in [-0.2, 0) is 17.2 Å². The van der Waals surface area contributed by atoms with Gasteiger partial charge in [-0.05, 0) is 23.4 Å². The van der Waals surface area contributed by atoms with E-state index in [0.717, 1.165) is 10.6 Å². The lowest BCUT2D eigenvalue weighted by Crippen LogP contribution is -2.10. The van der Waals surface area contributed by atoms with Crippen molar-refractivity contribution in [2.75, 3.05) is 5.75 Å². The van der Waals surface area contributed by atoms with Crippen molar-refractivity contribution in [3.63, 3.8) is 0 Å². The molecule has 0 bridgehead atoms. The second kappa shape index (κ2) is 6.07. The molecule has 94 valence electrons. The van der Waals surface area contributed by atoms with E-state index in [-0.39, 0.29) is 11.5 Å². The lowest BCUT2D eigenvalue weighted by molar-refractivity contribution is 0.102. The van der Waals surface area contributed by atoms with Gasteiger partial charge in [0.1, 0.15) is 0 Å². The number of thiophene rings is 1. The highest BCUT2D eigenvalue weighted by atomic mass is 32.2. The molecule has 0 fully saturated rings. The zero-order valence-electron chi connectivity index (χ0n) is 10.1. The molecule has 0 spiro atoms. The van der Waals surface area contributed by atoms with Crippen molar-refractivity contribution in [2.45, 2.75) is 17.6 Å². The van der Waals surface area contributed by atoms with Crippen LogP contribution in [-0.4, -0.2) is 15.7 Å². The standard InChI is InChI=1S/C14H14O2S2/c1-2-11-5-7-12(8-6-11)13(15)10-18(16)14-4-3-9-17-14/h3-9H,2,10H2,1H3. The third-order valence-corrected chi connectivity index (χ3v) is 5.28. The molecule has 2 aromatic rings. The Labute approximate surface area is 113 Å². The Morgan fingerprint density at radius 1 is 1.22 bits per heavy atom. The van der Waals surface area contributed by atoms with Crippen LogP contribution in [0, 0.1) is 0 Å². The van der Waals surface area contributed by atoms with Gasteiger partial charge in [0.15, 0.2) is 5.78 Å². The molecule has 0 aliphatic carbocycles. The normalized spacial score (nSPS) is 12.3. The van der Waals surface area contributed by atoms with E-state index in [1.807, 2.05) is 35.7 Å². The zero-order chi connectivity index (χ0) is 13.0. The summed E-state index contributed by atoms with van der Waals surface area (Å²) in [4.78, 5) is 12.0. The van der Waals surface area contributed by atoms with E-state index in [1.54, 1.807) is 6.07 Å². The fourth-order valence-electron chi connectivity index (χ4n) is 1.59. The molecule has 1 aromatic carbocycles. The Morgan fingerprint density at radius 3 is 2.50 bits per heavy atom. The van der Waals surface area contributed by atoms with Crippen LogP contribution in [0.15, 0.2) is 46.0 Å². The first-order chi connectivity index (χ1) is 8.70. The maximum atomic E-state index is 12.0. The minimum absolute atomic E-state index is 0.0615.